The Morgan fingerprint density at radius 2 is 2.11 bits per heavy atom. The third-order valence-electron chi connectivity index (χ3n) is 3.19. The molecule has 0 unspecified atom stereocenters. The van der Waals surface area contributed by atoms with Crippen molar-refractivity contribution >= 4 is 5.95 Å². The zero-order chi connectivity index (χ0) is 13.2. The first-order valence-corrected chi connectivity index (χ1v) is 6.45. The summed E-state index contributed by atoms with van der Waals surface area (Å²) in [6.45, 7) is 4.29. The van der Waals surface area contributed by atoms with Gasteiger partial charge in [0.1, 0.15) is 5.69 Å². The highest BCUT2D eigenvalue weighted by molar-refractivity contribution is 5.48. The second-order valence-corrected chi connectivity index (χ2v) is 4.47. The van der Waals surface area contributed by atoms with Crippen LogP contribution in [0.1, 0.15) is 19.8 Å². The van der Waals surface area contributed by atoms with E-state index in [1.54, 1.807) is 6.07 Å². The summed E-state index contributed by atoms with van der Waals surface area (Å²) in [5.41, 5.74) is 0.393. The number of hydrogen-bond donors (Lipinski definition) is 0. The number of nitrogens with zero attached hydrogens (tertiary/aromatic N) is 5. The number of anilines is 1. The standard InChI is InChI=1S/C12H15N5O2/c1-2-17-10(18)6-5-9(14-17)11-13-12(15-19-11)16-7-3-4-8-16/h5-6H,2-4,7-8H2,1H3. The molecule has 0 N–H and O–H groups in total. The van der Waals surface area contributed by atoms with Gasteiger partial charge in [-0.2, -0.15) is 10.1 Å². The van der Waals surface area contributed by atoms with Crippen molar-refractivity contribution in [2.45, 2.75) is 26.3 Å². The van der Waals surface area contributed by atoms with Gasteiger partial charge in [0.25, 0.3) is 17.4 Å². The summed E-state index contributed by atoms with van der Waals surface area (Å²) in [7, 11) is 0. The van der Waals surface area contributed by atoms with E-state index in [1.165, 1.54) is 10.7 Å². The van der Waals surface area contributed by atoms with E-state index in [0.29, 0.717) is 24.1 Å². The van der Waals surface area contributed by atoms with Crippen LogP contribution in [0.2, 0.25) is 0 Å². The predicted octanol–water partition coefficient (Wildman–Crippen LogP) is 0.913. The van der Waals surface area contributed by atoms with Crippen LogP contribution >= 0.6 is 0 Å². The number of rotatable bonds is 3. The van der Waals surface area contributed by atoms with Crippen LogP contribution in [0.15, 0.2) is 21.5 Å². The average molecular weight is 261 g/mol. The van der Waals surface area contributed by atoms with E-state index in [0.717, 1.165) is 25.9 Å². The summed E-state index contributed by atoms with van der Waals surface area (Å²) in [4.78, 5) is 17.9. The maximum atomic E-state index is 11.5. The summed E-state index contributed by atoms with van der Waals surface area (Å²) >= 11 is 0. The molecular weight excluding hydrogens is 246 g/mol. The fourth-order valence-electron chi connectivity index (χ4n) is 2.15. The van der Waals surface area contributed by atoms with Crippen molar-refractivity contribution in [2.75, 3.05) is 18.0 Å². The van der Waals surface area contributed by atoms with Crippen molar-refractivity contribution < 1.29 is 4.52 Å². The Balaban J connectivity index is 1.91. The molecule has 0 atom stereocenters. The van der Waals surface area contributed by atoms with Gasteiger partial charge < -0.3 is 9.42 Å². The molecule has 0 aliphatic carbocycles. The first-order valence-electron chi connectivity index (χ1n) is 6.45. The van der Waals surface area contributed by atoms with Crippen LogP contribution in [0.4, 0.5) is 5.95 Å². The Morgan fingerprint density at radius 1 is 1.32 bits per heavy atom. The van der Waals surface area contributed by atoms with E-state index in [9.17, 15) is 4.79 Å². The van der Waals surface area contributed by atoms with Gasteiger partial charge in [0.05, 0.1) is 0 Å². The Kier molecular flexibility index (Phi) is 3.02. The van der Waals surface area contributed by atoms with Crippen LogP contribution < -0.4 is 10.5 Å². The number of aryl methyl sites for hydroxylation is 1. The summed E-state index contributed by atoms with van der Waals surface area (Å²) in [6, 6.07) is 3.07. The summed E-state index contributed by atoms with van der Waals surface area (Å²) < 4.78 is 6.59. The molecule has 0 bridgehead atoms. The van der Waals surface area contributed by atoms with Gasteiger partial charge in [-0.25, -0.2) is 4.68 Å². The van der Waals surface area contributed by atoms with Crippen molar-refractivity contribution in [3.8, 4) is 11.6 Å². The molecule has 3 rings (SSSR count). The molecule has 0 spiro atoms. The van der Waals surface area contributed by atoms with Crippen molar-refractivity contribution in [1.82, 2.24) is 19.9 Å². The smallest absolute Gasteiger partial charge is 0.279 e. The molecule has 1 aliphatic rings. The lowest BCUT2D eigenvalue weighted by Crippen LogP contribution is -2.21. The minimum atomic E-state index is -0.134. The molecule has 0 amide bonds. The molecule has 7 heteroatoms. The van der Waals surface area contributed by atoms with Gasteiger partial charge in [0.15, 0.2) is 0 Å². The molecular formula is C12H15N5O2. The third-order valence-corrected chi connectivity index (χ3v) is 3.19. The van der Waals surface area contributed by atoms with E-state index in [4.69, 9.17) is 4.52 Å². The second-order valence-electron chi connectivity index (χ2n) is 4.47. The van der Waals surface area contributed by atoms with Gasteiger partial charge >= 0.3 is 0 Å². The molecule has 1 fully saturated rings. The molecule has 1 aliphatic heterocycles. The molecule has 19 heavy (non-hydrogen) atoms. The Morgan fingerprint density at radius 3 is 2.84 bits per heavy atom. The highest BCUT2D eigenvalue weighted by atomic mass is 16.5. The monoisotopic (exact) mass is 261 g/mol. The summed E-state index contributed by atoms with van der Waals surface area (Å²) in [5.74, 6) is 0.952. The lowest BCUT2D eigenvalue weighted by Gasteiger charge is -2.09. The summed E-state index contributed by atoms with van der Waals surface area (Å²) in [6.07, 6.45) is 2.31. The van der Waals surface area contributed by atoms with Crippen molar-refractivity contribution in [2.24, 2.45) is 0 Å². The van der Waals surface area contributed by atoms with E-state index in [-0.39, 0.29) is 5.56 Å². The van der Waals surface area contributed by atoms with Gasteiger partial charge in [-0.15, -0.1) is 0 Å². The maximum absolute atomic E-state index is 11.5. The van der Waals surface area contributed by atoms with E-state index in [2.05, 4.69) is 20.1 Å². The largest absolute Gasteiger partial charge is 0.338 e. The lowest BCUT2D eigenvalue weighted by atomic mass is 10.4. The van der Waals surface area contributed by atoms with Crippen LogP contribution in [0, 0.1) is 0 Å². The normalized spacial score (nSPS) is 15.1. The van der Waals surface area contributed by atoms with Crippen LogP contribution in [-0.2, 0) is 6.54 Å². The van der Waals surface area contributed by atoms with Crippen molar-refractivity contribution in [1.29, 1.82) is 0 Å². The van der Waals surface area contributed by atoms with Crippen LogP contribution in [0.5, 0.6) is 0 Å². The molecule has 1 saturated heterocycles. The van der Waals surface area contributed by atoms with E-state index >= 15 is 0 Å². The highest BCUT2D eigenvalue weighted by Gasteiger charge is 2.19. The van der Waals surface area contributed by atoms with Crippen molar-refractivity contribution in [3.05, 3.63) is 22.5 Å². The fraction of sp³-hybridized carbons (Fsp3) is 0.500. The topological polar surface area (TPSA) is 77.1 Å². The Bertz CT molecular complexity index is 627. The molecule has 100 valence electrons. The minimum Gasteiger partial charge on any atom is -0.338 e. The summed E-state index contributed by atoms with van der Waals surface area (Å²) in [5, 5.41) is 8.16. The number of hydrogen-bond acceptors (Lipinski definition) is 6. The molecule has 0 saturated carbocycles. The molecule has 2 aromatic rings. The zero-order valence-corrected chi connectivity index (χ0v) is 10.7. The van der Waals surface area contributed by atoms with Gasteiger partial charge in [0.2, 0.25) is 0 Å². The maximum Gasteiger partial charge on any atom is 0.279 e. The highest BCUT2D eigenvalue weighted by Crippen LogP contribution is 2.20. The SMILES string of the molecule is CCn1nc(-c2nc(N3CCCC3)no2)ccc1=O. The second kappa shape index (κ2) is 4.83. The number of aromatic nitrogens is 4. The van der Waals surface area contributed by atoms with Crippen LogP contribution in [0.25, 0.3) is 11.6 Å². The first-order chi connectivity index (χ1) is 9.28. The predicted molar refractivity (Wildman–Crippen MR) is 68.9 cm³/mol. The first kappa shape index (κ1) is 11.9. The Hall–Kier alpha value is -2.18. The Labute approximate surface area is 109 Å². The van der Waals surface area contributed by atoms with Gasteiger partial charge in [-0.1, -0.05) is 0 Å². The van der Waals surface area contributed by atoms with Gasteiger partial charge in [0, 0.05) is 25.7 Å². The zero-order valence-electron chi connectivity index (χ0n) is 10.7. The van der Waals surface area contributed by atoms with E-state index < -0.39 is 0 Å². The fourth-order valence-corrected chi connectivity index (χ4v) is 2.15. The molecule has 0 aromatic carbocycles. The van der Waals surface area contributed by atoms with Crippen LogP contribution in [0.3, 0.4) is 0 Å². The molecule has 3 heterocycles. The molecule has 7 nitrogen and oxygen atoms in total. The quantitative estimate of drug-likeness (QED) is 0.817. The van der Waals surface area contributed by atoms with Crippen molar-refractivity contribution in [3.63, 3.8) is 0 Å². The minimum absolute atomic E-state index is 0.134. The average Bonchev–Trinajstić information content (AvgIpc) is 3.10. The van der Waals surface area contributed by atoms with E-state index in [1.807, 2.05) is 6.92 Å². The molecule has 2 aromatic heterocycles. The molecule has 0 radical (unpaired) electrons. The lowest BCUT2D eigenvalue weighted by molar-refractivity contribution is 0.426. The van der Waals surface area contributed by atoms with Gasteiger partial charge in [-0.3, -0.25) is 4.79 Å². The third kappa shape index (κ3) is 2.23. The van der Waals surface area contributed by atoms with Crippen LogP contribution in [-0.4, -0.2) is 33.0 Å². The van der Waals surface area contributed by atoms with Gasteiger partial charge in [-0.05, 0) is 31.0 Å².